The van der Waals surface area contributed by atoms with Crippen molar-refractivity contribution in [2.75, 3.05) is 11.9 Å². The molecule has 0 N–H and O–H groups in total. The summed E-state index contributed by atoms with van der Waals surface area (Å²) in [5.74, 6) is 0. The summed E-state index contributed by atoms with van der Waals surface area (Å²) in [6.07, 6.45) is 1.69. The van der Waals surface area contributed by atoms with Gasteiger partial charge in [-0.2, -0.15) is 4.98 Å². The maximum atomic E-state index is 12.0. The zero-order valence-corrected chi connectivity index (χ0v) is 11.1. The third-order valence-corrected chi connectivity index (χ3v) is 3.88. The fraction of sp³-hybridized carbons (Fsp3) is 0.0714. The Kier molecular flexibility index (Phi) is 2.97. The summed E-state index contributed by atoms with van der Waals surface area (Å²) in [5.41, 5.74) is 0.751. The van der Waals surface area contributed by atoms with Crippen LogP contribution in [-0.2, 0) is 0 Å². The molecule has 0 aliphatic heterocycles. The van der Waals surface area contributed by atoms with Crippen LogP contribution in [0.5, 0.6) is 0 Å². The minimum Gasteiger partial charge on any atom is -0.321 e. The minimum atomic E-state index is -0.236. The van der Waals surface area contributed by atoms with Crippen molar-refractivity contribution in [1.82, 2.24) is 9.97 Å². The SMILES string of the molecule is CN(c1ccccc1)c1nc(=O)c2cccnc2s1. The molecule has 0 spiro atoms. The largest absolute Gasteiger partial charge is 0.321 e. The van der Waals surface area contributed by atoms with Crippen LogP contribution < -0.4 is 10.5 Å². The predicted octanol–water partition coefficient (Wildman–Crippen LogP) is 2.82. The summed E-state index contributed by atoms with van der Waals surface area (Å²) < 4.78 is 0. The van der Waals surface area contributed by atoms with Crippen LogP contribution >= 0.6 is 11.3 Å². The molecular weight excluding hydrogens is 258 g/mol. The molecule has 2 heterocycles. The monoisotopic (exact) mass is 269 g/mol. The second-order valence-corrected chi connectivity index (χ2v) is 5.01. The van der Waals surface area contributed by atoms with Gasteiger partial charge in [0, 0.05) is 18.9 Å². The number of hydrogen-bond acceptors (Lipinski definition) is 5. The highest BCUT2D eigenvalue weighted by Gasteiger charge is 2.10. The minimum absolute atomic E-state index is 0.236. The lowest BCUT2D eigenvalue weighted by Gasteiger charge is -2.16. The van der Waals surface area contributed by atoms with Gasteiger partial charge in [-0.3, -0.25) is 4.79 Å². The summed E-state index contributed by atoms with van der Waals surface area (Å²) >= 11 is 1.41. The summed E-state index contributed by atoms with van der Waals surface area (Å²) in [7, 11) is 1.89. The summed E-state index contributed by atoms with van der Waals surface area (Å²) in [6.45, 7) is 0. The van der Waals surface area contributed by atoms with Gasteiger partial charge in [-0.15, -0.1) is 0 Å². The van der Waals surface area contributed by atoms with Crippen molar-refractivity contribution in [1.29, 1.82) is 0 Å². The van der Waals surface area contributed by atoms with Crippen molar-refractivity contribution >= 4 is 32.4 Å². The Morgan fingerprint density at radius 3 is 2.68 bits per heavy atom. The van der Waals surface area contributed by atoms with Gasteiger partial charge in [-0.1, -0.05) is 29.5 Å². The van der Waals surface area contributed by atoms with Crippen LogP contribution in [0, 0.1) is 0 Å². The Bertz CT molecular complexity index is 770. The third-order valence-electron chi connectivity index (χ3n) is 2.82. The molecular formula is C14H11N3OS. The van der Waals surface area contributed by atoms with E-state index in [0.717, 1.165) is 5.69 Å². The molecule has 3 rings (SSSR count). The second kappa shape index (κ2) is 4.78. The Hall–Kier alpha value is -2.27. The molecule has 0 unspecified atom stereocenters. The van der Waals surface area contributed by atoms with Crippen molar-refractivity contribution in [2.24, 2.45) is 0 Å². The second-order valence-electron chi connectivity index (χ2n) is 4.05. The van der Waals surface area contributed by atoms with Gasteiger partial charge in [0.15, 0.2) is 5.13 Å². The molecule has 0 bridgehead atoms. The average Bonchev–Trinajstić information content (AvgIpc) is 2.47. The summed E-state index contributed by atoms with van der Waals surface area (Å²) in [6, 6.07) is 13.3. The van der Waals surface area contributed by atoms with Crippen LogP contribution in [-0.4, -0.2) is 17.0 Å². The molecule has 0 aliphatic carbocycles. The van der Waals surface area contributed by atoms with Crippen LogP contribution in [0.3, 0.4) is 0 Å². The van der Waals surface area contributed by atoms with Crippen LogP contribution in [0.15, 0.2) is 53.5 Å². The molecule has 0 fully saturated rings. The Labute approximate surface area is 114 Å². The van der Waals surface area contributed by atoms with Crippen LogP contribution in [0.25, 0.3) is 10.2 Å². The maximum Gasteiger partial charge on any atom is 0.282 e. The number of hydrogen-bond donors (Lipinski definition) is 0. The van der Waals surface area contributed by atoms with Crippen molar-refractivity contribution in [3.8, 4) is 0 Å². The quantitative estimate of drug-likeness (QED) is 0.717. The zero-order chi connectivity index (χ0) is 13.2. The number of para-hydroxylation sites is 1. The summed E-state index contributed by atoms with van der Waals surface area (Å²) in [4.78, 5) is 22.9. The first-order valence-electron chi connectivity index (χ1n) is 5.80. The lowest BCUT2D eigenvalue weighted by molar-refractivity contribution is 1.14. The normalized spacial score (nSPS) is 10.6. The molecule has 2 aromatic heterocycles. The molecule has 4 nitrogen and oxygen atoms in total. The molecule has 0 atom stereocenters. The number of rotatable bonds is 2. The molecule has 5 heteroatoms. The van der Waals surface area contributed by atoms with Gasteiger partial charge < -0.3 is 4.90 Å². The van der Waals surface area contributed by atoms with Crippen molar-refractivity contribution < 1.29 is 0 Å². The van der Waals surface area contributed by atoms with Crippen molar-refractivity contribution in [3.05, 3.63) is 59.0 Å². The molecule has 0 radical (unpaired) electrons. The zero-order valence-electron chi connectivity index (χ0n) is 10.3. The highest BCUT2D eigenvalue weighted by atomic mass is 32.1. The maximum absolute atomic E-state index is 12.0. The first-order valence-corrected chi connectivity index (χ1v) is 6.62. The highest BCUT2D eigenvalue weighted by Crippen LogP contribution is 2.26. The summed E-state index contributed by atoms with van der Waals surface area (Å²) in [5, 5.41) is 1.21. The van der Waals surface area contributed by atoms with E-state index in [2.05, 4.69) is 9.97 Å². The van der Waals surface area contributed by atoms with E-state index in [1.165, 1.54) is 11.3 Å². The van der Waals surface area contributed by atoms with E-state index >= 15 is 0 Å². The fourth-order valence-electron chi connectivity index (χ4n) is 1.80. The fourth-order valence-corrected chi connectivity index (χ4v) is 2.72. The van der Waals surface area contributed by atoms with E-state index in [-0.39, 0.29) is 5.56 Å². The van der Waals surface area contributed by atoms with Gasteiger partial charge in [0.05, 0.1) is 5.39 Å². The highest BCUT2D eigenvalue weighted by molar-refractivity contribution is 7.21. The first kappa shape index (κ1) is 11.8. The predicted molar refractivity (Wildman–Crippen MR) is 78.2 cm³/mol. The molecule has 94 valence electrons. The van der Waals surface area contributed by atoms with Crippen LogP contribution in [0.4, 0.5) is 10.8 Å². The van der Waals surface area contributed by atoms with Gasteiger partial charge in [0.2, 0.25) is 0 Å². The average molecular weight is 269 g/mol. The van der Waals surface area contributed by atoms with Gasteiger partial charge in [-0.05, 0) is 24.3 Å². The molecule has 19 heavy (non-hydrogen) atoms. The van der Waals surface area contributed by atoms with Gasteiger partial charge in [0.25, 0.3) is 5.56 Å². The topological polar surface area (TPSA) is 46.1 Å². The van der Waals surface area contributed by atoms with Crippen LogP contribution in [0.1, 0.15) is 0 Å². The molecule has 0 saturated heterocycles. The van der Waals surface area contributed by atoms with E-state index in [4.69, 9.17) is 0 Å². The van der Waals surface area contributed by atoms with Gasteiger partial charge >= 0.3 is 0 Å². The van der Waals surface area contributed by atoms with E-state index < -0.39 is 0 Å². The molecule has 0 saturated carbocycles. The third kappa shape index (κ3) is 2.20. The van der Waals surface area contributed by atoms with E-state index in [1.807, 2.05) is 42.3 Å². The molecule has 0 aliphatic rings. The number of anilines is 2. The van der Waals surface area contributed by atoms with E-state index in [1.54, 1.807) is 18.3 Å². The number of aromatic nitrogens is 2. The van der Waals surface area contributed by atoms with Gasteiger partial charge in [-0.25, -0.2) is 4.98 Å². The van der Waals surface area contributed by atoms with Crippen molar-refractivity contribution in [3.63, 3.8) is 0 Å². The van der Waals surface area contributed by atoms with Gasteiger partial charge in [0.1, 0.15) is 4.83 Å². The molecule has 1 aromatic carbocycles. The van der Waals surface area contributed by atoms with E-state index in [9.17, 15) is 4.79 Å². The number of pyridine rings is 1. The standard InChI is InChI=1S/C14H11N3OS/c1-17(10-6-3-2-4-7-10)14-16-12(18)11-8-5-9-15-13(11)19-14/h2-9H,1H3. The lowest BCUT2D eigenvalue weighted by atomic mass is 10.3. The Balaban J connectivity index is 2.14. The number of nitrogens with zero attached hydrogens (tertiary/aromatic N) is 3. The molecule has 0 amide bonds. The first-order chi connectivity index (χ1) is 9.25. The van der Waals surface area contributed by atoms with Crippen molar-refractivity contribution in [2.45, 2.75) is 0 Å². The van der Waals surface area contributed by atoms with Crippen LogP contribution in [0.2, 0.25) is 0 Å². The number of fused-ring (bicyclic) bond motifs is 1. The van der Waals surface area contributed by atoms with E-state index in [0.29, 0.717) is 15.3 Å². The lowest BCUT2D eigenvalue weighted by Crippen LogP contribution is -2.15. The molecule has 3 aromatic rings. The smallest absolute Gasteiger partial charge is 0.282 e. The Morgan fingerprint density at radius 2 is 1.89 bits per heavy atom. The Morgan fingerprint density at radius 1 is 1.11 bits per heavy atom. The number of benzene rings is 1.